The Balaban J connectivity index is 1.60. The maximum atomic E-state index is 10.6. The van der Waals surface area contributed by atoms with Crippen LogP contribution in [-0.4, -0.2) is 22.4 Å². The highest BCUT2D eigenvalue weighted by Gasteiger charge is 2.60. The zero-order chi connectivity index (χ0) is 16.5. The van der Waals surface area contributed by atoms with E-state index in [1.165, 1.54) is 44.9 Å². The van der Waals surface area contributed by atoms with Crippen LogP contribution in [0.4, 0.5) is 0 Å². The smallest absolute Gasteiger partial charge is 0.0622 e. The molecule has 2 nitrogen and oxygen atoms in total. The second-order valence-electron chi connectivity index (χ2n) is 10.4. The average molecular weight is 321 g/mol. The summed E-state index contributed by atoms with van der Waals surface area (Å²) in [6.07, 6.45) is 11.2. The predicted octanol–water partition coefficient (Wildman–Crippen LogP) is 4.39. The minimum Gasteiger partial charge on any atom is -0.396 e. The molecule has 0 radical (unpaired) electrons. The molecule has 0 aromatic rings. The van der Waals surface area contributed by atoms with Crippen molar-refractivity contribution in [2.75, 3.05) is 6.61 Å². The van der Waals surface area contributed by atoms with Crippen LogP contribution in [0.25, 0.3) is 0 Å². The van der Waals surface area contributed by atoms with Crippen LogP contribution in [0.3, 0.4) is 0 Å². The Kier molecular flexibility index (Phi) is 3.71. The van der Waals surface area contributed by atoms with Crippen molar-refractivity contribution in [3.8, 4) is 0 Å². The molecule has 8 atom stereocenters. The third kappa shape index (κ3) is 2.27. The first-order valence-corrected chi connectivity index (χ1v) is 10.1. The molecule has 0 aromatic carbocycles. The van der Waals surface area contributed by atoms with E-state index >= 15 is 0 Å². The molecule has 23 heavy (non-hydrogen) atoms. The van der Waals surface area contributed by atoms with Crippen LogP contribution in [0, 0.1) is 40.4 Å². The first-order valence-electron chi connectivity index (χ1n) is 10.1. The van der Waals surface area contributed by atoms with Gasteiger partial charge in [0.2, 0.25) is 0 Å². The van der Waals surface area contributed by atoms with Crippen molar-refractivity contribution in [1.29, 1.82) is 0 Å². The first-order chi connectivity index (χ1) is 10.8. The summed E-state index contributed by atoms with van der Waals surface area (Å²) >= 11 is 0. The maximum Gasteiger partial charge on any atom is 0.0622 e. The van der Waals surface area contributed by atoms with Gasteiger partial charge in [0.15, 0.2) is 0 Å². The van der Waals surface area contributed by atoms with Gasteiger partial charge >= 0.3 is 0 Å². The second kappa shape index (κ2) is 5.21. The lowest BCUT2D eigenvalue weighted by Crippen LogP contribution is -2.55. The van der Waals surface area contributed by atoms with Crippen molar-refractivity contribution in [2.24, 2.45) is 40.4 Å². The average Bonchev–Trinajstić information content (AvgIpc) is 2.84. The van der Waals surface area contributed by atoms with E-state index in [9.17, 15) is 10.2 Å². The summed E-state index contributed by atoms with van der Waals surface area (Å²) in [5, 5.41) is 20.4. The lowest BCUT2D eigenvalue weighted by molar-refractivity contribution is -0.147. The van der Waals surface area contributed by atoms with Crippen molar-refractivity contribution in [1.82, 2.24) is 0 Å². The molecule has 4 fully saturated rings. The third-order valence-electron chi connectivity index (χ3n) is 9.37. The molecule has 0 bridgehead atoms. The van der Waals surface area contributed by atoms with E-state index in [0.717, 1.165) is 36.5 Å². The van der Waals surface area contributed by atoms with Crippen LogP contribution in [0.15, 0.2) is 0 Å². The van der Waals surface area contributed by atoms with E-state index < -0.39 is 5.60 Å². The molecular formula is C21H36O2. The van der Waals surface area contributed by atoms with Crippen molar-refractivity contribution in [3.05, 3.63) is 0 Å². The fourth-order valence-corrected chi connectivity index (χ4v) is 7.84. The lowest BCUT2D eigenvalue weighted by atomic mass is 9.44. The Morgan fingerprint density at radius 1 is 0.826 bits per heavy atom. The zero-order valence-electron chi connectivity index (χ0n) is 15.4. The van der Waals surface area contributed by atoms with Crippen molar-refractivity contribution in [3.63, 3.8) is 0 Å². The summed E-state index contributed by atoms with van der Waals surface area (Å²) in [5.74, 6) is 3.87. The molecule has 0 amide bonds. The number of aliphatic hydroxyl groups is 2. The van der Waals surface area contributed by atoms with E-state index in [1.54, 1.807) is 0 Å². The quantitative estimate of drug-likeness (QED) is 0.752. The Morgan fingerprint density at radius 2 is 1.57 bits per heavy atom. The van der Waals surface area contributed by atoms with Crippen LogP contribution in [0.1, 0.15) is 78.6 Å². The third-order valence-corrected chi connectivity index (χ3v) is 9.37. The van der Waals surface area contributed by atoms with E-state index in [1.807, 2.05) is 0 Å². The van der Waals surface area contributed by atoms with Gasteiger partial charge in [0, 0.05) is 6.61 Å². The van der Waals surface area contributed by atoms with Gasteiger partial charge in [-0.15, -0.1) is 0 Å². The van der Waals surface area contributed by atoms with Crippen LogP contribution < -0.4 is 0 Å². The molecule has 0 heterocycles. The fraction of sp³-hybridized carbons (Fsp3) is 1.00. The summed E-state index contributed by atoms with van der Waals surface area (Å²) in [7, 11) is 0. The van der Waals surface area contributed by atoms with Gasteiger partial charge in [0.05, 0.1) is 5.60 Å². The molecule has 4 aliphatic carbocycles. The van der Waals surface area contributed by atoms with E-state index in [2.05, 4.69) is 20.8 Å². The second-order valence-corrected chi connectivity index (χ2v) is 10.4. The highest BCUT2D eigenvalue weighted by Crippen LogP contribution is 2.67. The van der Waals surface area contributed by atoms with E-state index in [4.69, 9.17) is 0 Å². The molecule has 2 N–H and O–H groups in total. The lowest BCUT2D eigenvalue weighted by Gasteiger charge is -2.61. The van der Waals surface area contributed by atoms with Crippen molar-refractivity contribution in [2.45, 2.75) is 84.2 Å². The maximum absolute atomic E-state index is 10.6. The standard InChI is InChI=1S/C21H36O2/c1-19(23)10-11-21(3)14(12-19)4-6-16-17-7-5-15(13-22)20(17,2)9-8-18(16)21/h14-18,22-23H,4-13H2,1-3H3/t14?,15?,16-,17-,18+,19?,20+,21-/m0/s1. The van der Waals surface area contributed by atoms with Gasteiger partial charge < -0.3 is 10.2 Å². The Morgan fingerprint density at radius 3 is 2.30 bits per heavy atom. The number of hydrogen-bond donors (Lipinski definition) is 2. The summed E-state index contributed by atoms with van der Waals surface area (Å²) in [6, 6.07) is 0. The number of fused-ring (bicyclic) bond motifs is 5. The Labute approximate surface area is 142 Å². The molecule has 0 aromatic heterocycles. The van der Waals surface area contributed by atoms with Crippen LogP contribution >= 0.6 is 0 Å². The highest BCUT2D eigenvalue weighted by molar-refractivity contribution is 5.10. The van der Waals surface area contributed by atoms with E-state index in [-0.39, 0.29) is 0 Å². The number of hydrogen-bond acceptors (Lipinski definition) is 2. The molecule has 0 spiro atoms. The number of aliphatic hydroxyl groups excluding tert-OH is 1. The minimum absolute atomic E-state index is 0.396. The summed E-state index contributed by atoms with van der Waals surface area (Å²) in [5.41, 5.74) is 0.443. The predicted molar refractivity (Wildman–Crippen MR) is 92.9 cm³/mol. The van der Waals surface area contributed by atoms with Gasteiger partial charge in [-0.1, -0.05) is 13.8 Å². The zero-order valence-corrected chi connectivity index (χ0v) is 15.4. The van der Waals surface area contributed by atoms with Gasteiger partial charge in [0.25, 0.3) is 0 Å². The van der Waals surface area contributed by atoms with Crippen molar-refractivity contribution < 1.29 is 10.2 Å². The van der Waals surface area contributed by atoms with Crippen LogP contribution in [-0.2, 0) is 0 Å². The van der Waals surface area contributed by atoms with Crippen LogP contribution in [0.5, 0.6) is 0 Å². The fourth-order valence-electron chi connectivity index (χ4n) is 7.84. The summed E-state index contributed by atoms with van der Waals surface area (Å²) in [6.45, 7) is 7.50. The summed E-state index contributed by atoms with van der Waals surface area (Å²) in [4.78, 5) is 0. The summed E-state index contributed by atoms with van der Waals surface area (Å²) < 4.78 is 0. The minimum atomic E-state index is -0.421. The Hall–Kier alpha value is -0.0800. The monoisotopic (exact) mass is 320 g/mol. The SMILES string of the molecule is CC1(O)CC[C@@]2(C)C(CC[C@@H]3[C@H]2CC[C@]2(C)C(CO)CC[C@@H]32)C1. The van der Waals surface area contributed by atoms with Crippen molar-refractivity contribution >= 4 is 0 Å². The van der Waals surface area contributed by atoms with Crippen LogP contribution in [0.2, 0.25) is 0 Å². The normalized spacial score (nSPS) is 59.1. The largest absolute Gasteiger partial charge is 0.396 e. The molecule has 4 rings (SSSR count). The number of rotatable bonds is 1. The molecule has 3 unspecified atom stereocenters. The molecule has 2 heteroatoms. The van der Waals surface area contributed by atoms with Gasteiger partial charge in [-0.05, 0) is 105 Å². The topological polar surface area (TPSA) is 40.5 Å². The molecule has 0 saturated heterocycles. The molecular weight excluding hydrogens is 284 g/mol. The van der Waals surface area contributed by atoms with Gasteiger partial charge in [-0.3, -0.25) is 0 Å². The molecule has 4 saturated carbocycles. The van der Waals surface area contributed by atoms with Gasteiger partial charge in [-0.25, -0.2) is 0 Å². The van der Waals surface area contributed by atoms with Gasteiger partial charge in [-0.2, -0.15) is 0 Å². The Bertz CT molecular complexity index is 472. The van der Waals surface area contributed by atoms with E-state index in [0.29, 0.717) is 23.4 Å². The highest BCUT2D eigenvalue weighted by atomic mass is 16.3. The molecule has 4 aliphatic rings. The molecule has 132 valence electrons. The first kappa shape index (κ1) is 16.4. The molecule has 0 aliphatic heterocycles. The van der Waals surface area contributed by atoms with Gasteiger partial charge in [0.1, 0.15) is 0 Å².